The third-order valence-electron chi connectivity index (χ3n) is 2.54. The summed E-state index contributed by atoms with van der Waals surface area (Å²) in [5.74, 6) is -3.17. The third kappa shape index (κ3) is 3.52. The van der Waals surface area contributed by atoms with E-state index in [2.05, 4.69) is 20.8 Å². The van der Waals surface area contributed by atoms with Crippen molar-refractivity contribution in [1.29, 1.82) is 0 Å². The van der Waals surface area contributed by atoms with E-state index in [0.717, 1.165) is 18.2 Å². The monoisotopic (exact) mass is 323 g/mol. The molecule has 0 unspecified atom stereocenters. The van der Waals surface area contributed by atoms with E-state index in [9.17, 15) is 14.4 Å². The van der Waals surface area contributed by atoms with E-state index in [1.54, 1.807) is 0 Å². The second kappa shape index (κ2) is 6.13. The quantitative estimate of drug-likeness (QED) is 0.576. The van der Waals surface area contributed by atoms with Crippen LogP contribution in [-0.2, 0) is 11.3 Å². The number of carboxylic acids is 2. The van der Waals surface area contributed by atoms with Gasteiger partial charge in [-0.25, -0.2) is 14.3 Å². The molecule has 10 nitrogen and oxygen atoms in total. The van der Waals surface area contributed by atoms with Crippen molar-refractivity contribution in [3.63, 3.8) is 0 Å². The number of carboxylic acid groups (broad SMARTS) is 2. The molecule has 1 aromatic carbocycles. The first-order valence-electron chi connectivity index (χ1n) is 5.76. The normalized spacial score (nSPS) is 10.2. The third-order valence-corrected chi connectivity index (χ3v) is 2.85. The van der Waals surface area contributed by atoms with Gasteiger partial charge in [-0.15, -0.1) is 0 Å². The van der Waals surface area contributed by atoms with Crippen molar-refractivity contribution in [2.45, 2.75) is 6.54 Å². The van der Waals surface area contributed by atoms with Crippen molar-refractivity contribution in [3.8, 4) is 0 Å². The number of amides is 1. The van der Waals surface area contributed by atoms with Crippen LogP contribution in [0.1, 0.15) is 20.7 Å². The molecule has 0 saturated heterocycles. The van der Waals surface area contributed by atoms with Crippen molar-refractivity contribution in [2.75, 3.05) is 5.32 Å². The second-order valence-corrected chi connectivity index (χ2v) is 4.49. The van der Waals surface area contributed by atoms with Crippen LogP contribution in [0.15, 0.2) is 18.2 Å². The number of benzene rings is 1. The summed E-state index contributed by atoms with van der Waals surface area (Å²) in [6.45, 7) is -0.231. The summed E-state index contributed by atoms with van der Waals surface area (Å²) in [7, 11) is 0. The predicted octanol–water partition coefficient (Wildman–Crippen LogP) is 0.371. The molecule has 1 aromatic heterocycles. The number of hydrogen-bond acceptors (Lipinski definition) is 6. The van der Waals surface area contributed by atoms with Crippen LogP contribution < -0.4 is 5.32 Å². The topological polar surface area (TPSA) is 150 Å². The summed E-state index contributed by atoms with van der Waals surface area (Å²) in [5, 5.41) is 29.6. The van der Waals surface area contributed by atoms with E-state index in [1.165, 1.54) is 4.68 Å². The number of carbonyl (C=O) groups is 3. The molecular formula is C11H9N5O5S. The van der Waals surface area contributed by atoms with E-state index >= 15 is 0 Å². The molecule has 1 amide bonds. The van der Waals surface area contributed by atoms with E-state index in [1.807, 2.05) is 0 Å². The number of nitrogens with one attached hydrogen (secondary N) is 2. The number of H-pyrrole nitrogens is 1. The first kappa shape index (κ1) is 15.3. The van der Waals surface area contributed by atoms with Gasteiger partial charge in [-0.3, -0.25) is 4.79 Å². The van der Waals surface area contributed by atoms with Crippen LogP contribution in [0.2, 0.25) is 0 Å². The lowest BCUT2D eigenvalue weighted by Crippen LogP contribution is -2.20. The summed E-state index contributed by atoms with van der Waals surface area (Å²) < 4.78 is 1.25. The van der Waals surface area contributed by atoms with Gasteiger partial charge in [-0.1, -0.05) is 10.3 Å². The van der Waals surface area contributed by atoms with Crippen molar-refractivity contribution >= 4 is 35.8 Å². The molecule has 2 aromatic rings. The van der Waals surface area contributed by atoms with Gasteiger partial charge in [0.15, 0.2) is 0 Å². The van der Waals surface area contributed by atoms with Crippen LogP contribution in [0.5, 0.6) is 0 Å². The fourth-order valence-electron chi connectivity index (χ4n) is 1.61. The molecule has 0 aliphatic rings. The largest absolute Gasteiger partial charge is 0.478 e. The number of nitrogens with zero attached hydrogens (tertiary/aromatic N) is 3. The van der Waals surface area contributed by atoms with Crippen molar-refractivity contribution < 1.29 is 24.6 Å². The van der Waals surface area contributed by atoms with Gasteiger partial charge < -0.3 is 15.5 Å². The van der Waals surface area contributed by atoms with E-state index < -0.39 is 17.8 Å². The molecule has 0 aliphatic carbocycles. The summed E-state index contributed by atoms with van der Waals surface area (Å²) in [4.78, 5) is 33.8. The average molecular weight is 323 g/mol. The fourth-order valence-corrected chi connectivity index (χ4v) is 1.76. The van der Waals surface area contributed by atoms with Gasteiger partial charge in [0.2, 0.25) is 10.7 Å². The minimum atomic E-state index is -1.31. The van der Waals surface area contributed by atoms with E-state index in [-0.39, 0.29) is 28.1 Å². The van der Waals surface area contributed by atoms with Gasteiger partial charge in [-0.2, -0.15) is 5.21 Å². The summed E-state index contributed by atoms with van der Waals surface area (Å²) in [6, 6.07) is 3.30. The molecule has 0 atom stereocenters. The molecule has 0 radical (unpaired) electrons. The zero-order valence-corrected chi connectivity index (χ0v) is 11.6. The Morgan fingerprint density at radius 2 is 1.77 bits per heavy atom. The Balaban J connectivity index is 2.23. The van der Waals surface area contributed by atoms with Gasteiger partial charge in [0.1, 0.15) is 6.54 Å². The lowest BCUT2D eigenvalue weighted by molar-refractivity contribution is -0.117. The number of aromatic amines is 1. The highest BCUT2D eigenvalue weighted by atomic mass is 32.1. The predicted molar refractivity (Wildman–Crippen MR) is 74.2 cm³/mol. The van der Waals surface area contributed by atoms with Gasteiger partial charge in [0.05, 0.1) is 11.1 Å². The highest BCUT2D eigenvalue weighted by Gasteiger charge is 2.13. The zero-order chi connectivity index (χ0) is 16.3. The molecule has 114 valence electrons. The van der Waals surface area contributed by atoms with Gasteiger partial charge in [-0.05, 0) is 30.4 Å². The Hall–Kier alpha value is -3.08. The maximum absolute atomic E-state index is 11.8. The maximum atomic E-state index is 11.8. The smallest absolute Gasteiger partial charge is 0.335 e. The molecule has 1 heterocycles. The minimum absolute atomic E-state index is 0.0429. The highest BCUT2D eigenvalue weighted by molar-refractivity contribution is 7.71. The van der Waals surface area contributed by atoms with Crippen LogP contribution >= 0.6 is 12.2 Å². The lowest BCUT2D eigenvalue weighted by Gasteiger charge is -2.07. The fraction of sp³-hybridized carbons (Fsp3) is 0.0909. The number of aromatic carboxylic acids is 2. The van der Waals surface area contributed by atoms with Crippen LogP contribution in [0.4, 0.5) is 5.69 Å². The molecule has 11 heteroatoms. The Morgan fingerprint density at radius 1 is 1.18 bits per heavy atom. The van der Waals surface area contributed by atoms with Gasteiger partial charge in [0, 0.05) is 5.69 Å². The van der Waals surface area contributed by atoms with Crippen molar-refractivity contribution in [1.82, 2.24) is 20.2 Å². The standard InChI is InChI=1S/C11H9N5O5S/c17-8(4-16-11(22)13-14-15-16)12-7-2-5(9(18)19)1-6(3-7)10(20)21/h1-3H,4H2,(H,12,17)(H,18,19)(H,20,21)(H,13,15,22). The van der Waals surface area contributed by atoms with E-state index in [0.29, 0.717) is 0 Å². The van der Waals surface area contributed by atoms with Gasteiger partial charge in [0.25, 0.3) is 0 Å². The molecular weight excluding hydrogens is 314 g/mol. The number of carbonyl (C=O) groups excluding carboxylic acids is 1. The number of hydrogen-bond donors (Lipinski definition) is 4. The zero-order valence-electron chi connectivity index (χ0n) is 10.8. The molecule has 0 aliphatic heterocycles. The maximum Gasteiger partial charge on any atom is 0.335 e. The molecule has 0 saturated carbocycles. The summed E-state index contributed by atoms with van der Waals surface area (Å²) >= 11 is 4.80. The lowest BCUT2D eigenvalue weighted by atomic mass is 10.1. The average Bonchev–Trinajstić information content (AvgIpc) is 2.83. The Kier molecular flexibility index (Phi) is 4.27. The van der Waals surface area contributed by atoms with E-state index in [4.69, 9.17) is 22.4 Å². The van der Waals surface area contributed by atoms with Crippen LogP contribution in [0, 0.1) is 4.77 Å². The summed E-state index contributed by atoms with van der Waals surface area (Å²) in [6.07, 6.45) is 0. The number of tetrazole rings is 1. The van der Waals surface area contributed by atoms with Crippen LogP contribution in [0.3, 0.4) is 0 Å². The van der Waals surface area contributed by atoms with Crippen molar-refractivity contribution in [2.24, 2.45) is 0 Å². The van der Waals surface area contributed by atoms with Crippen molar-refractivity contribution in [3.05, 3.63) is 34.1 Å². The molecule has 0 bridgehead atoms. The molecule has 4 N–H and O–H groups in total. The number of aromatic nitrogens is 4. The number of anilines is 1. The van der Waals surface area contributed by atoms with Crippen LogP contribution in [0.25, 0.3) is 0 Å². The number of rotatable bonds is 5. The van der Waals surface area contributed by atoms with Gasteiger partial charge >= 0.3 is 11.9 Å². The minimum Gasteiger partial charge on any atom is -0.478 e. The second-order valence-electron chi connectivity index (χ2n) is 4.13. The first-order chi connectivity index (χ1) is 10.4. The SMILES string of the molecule is O=C(Cn1[nH]nnc1=S)Nc1cc(C(=O)O)cc(C(=O)O)c1. The molecule has 2 rings (SSSR count). The molecule has 0 fully saturated rings. The molecule has 0 spiro atoms. The Labute approximate surface area is 127 Å². The highest BCUT2D eigenvalue weighted by Crippen LogP contribution is 2.15. The van der Waals surface area contributed by atoms with Crippen LogP contribution in [-0.4, -0.2) is 48.3 Å². The first-order valence-corrected chi connectivity index (χ1v) is 6.17. The molecule has 22 heavy (non-hydrogen) atoms. The summed E-state index contributed by atoms with van der Waals surface area (Å²) in [5.41, 5.74) is -0.466. The Morgan fingerprint density at radius 3 is 2.23 bits per heavy atom. The Bertz CT molecular complexity index is 779.